The molecule has 158 valence electrons. The number of para-hydroxylation sites is 1. The second kappa shape index (κ2) is 8.44. The number of rotatable bonds is 5. The van der Waals surface area contributed by atoms with Crippen LogP contribution in [0.5, 0.6) is 0 Å². The van der Waals surface area contributed by atoms with Gasteiger partial charge in [-0.15, -0.1) is 0 Å². The van der Waals surface area contributed by atoms with Crippen LogP contribution in [0.25, 0.3) is 0 Å². The second-order valence-corrected chi connectivity index (χ2v) is 7.91. The van der Waals surface area contributed by atoms with Crippen molar-refractivity contribution in [2.45, 2.75) is 25.5 Å². The van der Waals surface area contributed by atoms with Gasteiger partial charge in [0.2, 0.25) is 5.60 Å². The molecule has 2 heterocycles. The lowest BCUT2D eigenvalue weighted by atomic mass is 9.94. The third-order valence-electron chi connectivity index (χ3n) is 5.60. The highest BCUT2D eigenvalue weighted by atomic mass is 19.1. The Labute approximate surface area is 175 Å². The van der Waals surface area contributed by atoms with E-state index in [4.69, 9.17) is 9.57 Å². The Kier molecular flexibility index (Phi) is 5.72. The molecule has 1 atom stereocenters. The van der Waals surface area contributed by atoms with Crippen molar-refractivity contribution in [1.29, 1.82) is 0 Å². The van der Waals surface area contributed by atoms with Crippen molar-refractivity contribution in [2.24, 2.45) is 5.16 Å². The van der Waals surface area contributed by atoms with E-state index in [2.05, 4.69) is 16.1 Å². The molecule has 2 aliphatic rings. The van der Waals surface area contributed by atoms with Gasteiger partial charge in [-0.05, 0) is 24.6 Å². The number of carbonyl (C=O) groups is 1. The zero-order valence-corrected chi connectivity index (χ0v) is 17.3. The van der Waals surface area contributed by atoms with Crippen LogP contribution in [-0.4, -0.2) is 55.5 Å². The Morgan fingerprint density at radius 1 is 1.17 bits per heavy atom. The zero-order chi connectivity index (χ0) is 21.1. The van der Waals surface area contributed by atoms with Crippen molar-refractivity contribution >= 4 is 17.3 Å². The maximum Gasteiger partial charge on any atom is 0.269 e. The average molecular weight is 411 g/mol. The van der Waals surface area contributed by atoms with Crippen molar-refractivity contribution in [3.05, 3.63) is 65.5 Å². The van der Waals surface area contributed by atoms with E-state index in [9.17, 15) is 9.18 Å². The zero-order valence-electron chi connectivity index (χ0n) is 17.3. The quantitative estimate of drug-likeness (QED) is 0.758. The van der Waals surface area contributed by atoms with Crippen molar-refractivity contribution < 1.29 is 18.8 Å². The molecular weight excluding hydrogens is 385 g/mol. The first-order valence-corrected chi connectivity index (χ1v) is 10.1. The molecule has 6 nitrogen and oxygen atoms in total. The highest BCUT2D eigenvalue weighted by molar-refractivity contribution is 6.05. The topological polar surface area (TPSA) is 54.4 Å². The number of anilines is 1. The minimum Gasteiger partial charge on any atom is -0.379 e. The number of likely N-dealkylation sites (N-methyl/N-ethyl adjacent to an activating group) is 1. The van der Waals surface area contributed by atoms with E-state index in [0.29, 0.717) is 31.0 Å². The highest BCUT2D eigenvalue weighted by Gasteiger charge is 2.44. The first kappa shape index (κ1) is 20.3. The number of ether oxygens (including phenoxy) is 1. The standard InChI is InChI=1S/C23H26FN3O3/c1-23(15-20(25-30-23)18-8-4-5-9-19(18)24)22(28)26(2)16-17-7-3-6-10-21(17)27-11-13-29-14-12-27/h3-10H,11-16H2,1-2H3/t23-/m1/s1. The van der Waals surface area contributed by atoms with Gasteiger partial charge >= 0.3 is 0 Å². The molecule has 0 saturated carbocycles. The van der Waals surface area contributed by atoms with Gasteiger partial charge in [0.1, 0.15) is 5.82 Å². The molecule has 0 unspecified atom stereocenters. The van der Waals surface area contributed by atoms with Crippen molar-refractivity contribution in [3.8, 4) is 0 Å². The van der Waals surface area contributed by atoms with Crippen LogP contribution < -0.4 is 4.90 Å². The largest absolute Gasteiger partial charge is 0.379 e. The third kappa shape index (κ3) is 4.03. The fourth-order valence-corrected chi connectivity index (χ4v) is 3.98. The van der Waals surface area contributed by atoms with Gasteiger partial charge in [0, 0.05) is 44.4 Å². The number of benzene rings is 2. The molecule has 1 amide bonds. The molecule has 30 heavy (non-hydrogen) atoms. The second-order valence-electron chi connectivity index (χ2n) is 7.91. The van der Waals surface area contributed by atoms with E-state index >= 15 is 0 Å². The van der Waals surface area contributed by atoms with Gasteiger partial charge in [0.05, 0.1) is 18.9 Å². The normalized spacial score (nSPS) is 21.2. The summed E-state index contributed by atoms with van der Waals surface area (Å²) in [6, 6.07) is 14.5. The number of nitrogens with zero attached hydrogens (tertiary/aromatic N) is 3. The van der Waals surface area contributed by atoms with E-state index in [1.165, 1.54) is 6.07 Å². The van der Waals surface area contributed by atoms with Gasteiger partial charge in [0.25, 0.3) is 5.91 Å². The summed E-state index contributed by atoms with van der Waals surface area (Å²) in [5, 5.41) is 4.03. The molecule has 0 spiro atoms. The Morgan fingerprint density at radius 2 is 1.87 bits per heavy atom. The molecule has 2 aromatic rings. The number of hydrogen-bond donors (Lipinski definition) is 0. The smallest absolute Gasteiger partial charge is 0.269 e. The van der Waals surface area contributed by atoms with Crippen LogP contribution in [0.3, 0.4) is 0 Å². The lowest BCUT2D eigenvalue weighted by Crippen LogP contribution is -2.45. The summed E-state index contributed by atoms with van der Waals surface area (Å²) in [7, 11) is 1.76. The molecule has 2 aromatic carbocycles. The maximum atomic E-state index is 14.1. The first-order chi connectivity index (χ1) is 14.5. The number of hydrogen-bond acceptors (Lipinski definition) is 5. The SMILES string of the molecule is CN(Cc1ccccc1N1CCOCC1)C(=O)[C@@]1(C)CC(c2ccccc2F)=NO1. The summed E-state index contributed by atoms with van der Waals surface area (Å²) < 4.78 is 19.6. The van der Waals surface area contributed by atoms with E-state index in [1.807, 2.05) is 18.2 Å². The number of morpholine rings is 1. The van der Waals surface area contributed by atoms with Gasteiger partial charge < -0.3 is 19.4 Å². The van der Waals surface area contributed by atoms with E-state index < -0.39 is 5.60 Å². The average Bonchev–Trinajstić information content (AvgIpc) is 3.17. The number of amides is 1. The molecule has 0 bridgehead atoms. The predicted octanol–water partition coefficient (Wildman–Crippen LogP) is 3.20. The van der Waals surface area contributed by atoms with Crippen molar-refractivity contribution in [2.75, 3.05) is 38.3 Å². The van der Waals surface area contributed by atoms with Crippen LogP contribution in [0.2, 0.25) is 0 Å². The lowest BCUT2D eigenvalue weighted by molar-refractivity contribution is -0.152. The molecule has 0 aromatic heterocycles. The van der Waals surface area contributed by atoms with E-state index in [0.717, 1.165) is 24.3 Å². The fourth-order valence-electron chi connectivity index (χ4n) is 3.98. The molecule has 1 fully saturated rings. The van der Waals surface area contributed by atoms with Crippen LogP contribution in [0.15, 0.2) is 53.7 Å². The predicted molar refractivity (Wildman–Crippen MR) is 113 cm³/mol. The van der Waals surface area contributed by atoms with Crippen molar-refractivity contribution in [1.82, 2.24) is 4.90 Å². The van der Waals surface area contributed by atoms with Crippen LogP contribution in [0.4, 0.5) is 10.1 Å². The Hall–Kier alpha value is -2.93. The van der Waals surface area contributed by atoms with E-state index in [1.54, 1.807) is 37.1 Å². The van der Waals surface area contributed by atoms with Gasteiger partial charge in [-0.3, -0.25) is 4.79 Å². The Bertz CT molecular complexity index is 958. The number of carbonyl (C=O) groups excluding carboxylic acids is 1. The molecule has 0 N–H and O–H groups in total. The molecule has 1 saturated heterocycles. The summed E-state index contributed by atoms with van der Waals surface area (Å²) in [5.74, 6) is -0.557. The summed E-state index contributed by atoms with van der Waals surface area (Å²) >= 11 is 0. The van der Waals surface area contributed by atoms with Crippen LogP contribution in [0.1, 0.15) is 24.5 Å². The highest BCUT2D eigenvalue weighted by Crippen LogP contribution is 2.30. The van der Waals surface area contributed by atoms with Crippen LogP contribution >= 0.6 is 0 Å². The number of halogens is 1. The Morgan fingerprint density at radius 3 is 2.63 bits per heavy atom. The first-order valence-electron chi connectivity index (χ1n) is 10.1. The molecule has 0 radical (unpaired) electrons. The summed E-state index contributed by atoms with van der Waals surface area (Å²) in [6.07, 6.45) is 0.224. The lowest BCUT2D eigenvalue weighted by Gasteiger charge is -2.32. The molecule has 0 aliphatic carbocycles. The summed E-state index contributed by atoms with van der Waals surface area (Å²) in [6.45, 7) is 5.21. The van der Waals surface area contributed by atoms with Crippen LogP contribution in [-0.2, 0) is 20.9 Å². The minimum absolute atomic E-state index is 0.186. The fraction of sp³-hybridized carbons (Fsp3) is 0.391. The van der Waals surface area contributed by atoms with Gasteiger partial charge in [-0.1, -0.05) is 41.6 Å². The van der Waals surface area contributed by atoms with E-state index in [-0.39, 0.29) is 18.1 Å². The maximum absolute atomic E-state index is 14.1. The Balaban J connectivity index is 1.47. The summed E-state index contributed by atoms with van der Waals surface area (Å²) in [4.78, 5) is 22.7. The minimum atomic E-state index is -1.15. The molecular formula is C23H26FN3O3. The monoisotopic (exact) mass is 411 g/mol. The van der Waals surface area contributed by atoms with Gasteiger partial charge in [-0.2, -0.15) is 0 Å². The number of oxime groups is 1. The third-order valence-corrected chi connectivity index (χ3v) is 5.60. The molecule has 7 heteroatoms. The molecule has 2 aliphatic heterocycles. The van der Waals surface area contributed by atoms with Crippen molar-refractivity contribution in [3.63, 3.8) is 0 Å². The van der Waals surface area contributed by atoms with Gasteiger partial charge in [0.15, 0.2) is 0 Å². The summed E-state index contributed by atoms with van der Waals surface area (Å²) in [5.41, 5.74) is 1.84. The van der Waals surface area contributed by atoms with Crippen LogP contribution in [0, 0.1) is 5.82 Å². The molecule has 4 rings (SSSR count). The van der Waals surface area contributed by atoms with Gasteiger partial charge in [-0.25, -0.2) is 4.39 Å².